The maximum atomic E-state index is 6.79. The lowest BCUT2D eigenvalue weighted by Gasteiger charge is -2.31. The van der Waals surface area contributed by atoms with Crippen LogP contribution in [0.15, 0.2) is 192 Å². The predicted octanol–water partition coefficient (Wildman–Crippen LogP) is 14.9. The smallest absolute Gasteiger partial charge is 0.159 e. The Kier molecular flexibility index (Phi) is 6.20. The van der Waals surface area contributed by atoms with Crippen molar-refractivity contribution in [1.82, 2.24) is 0 Å². The molecule has 0 radical (unpaired) electrons. The van der Waals surface area contributed by atoms with Gasteiger partial charge in [-0.1, -0.05) is 166 Å². The first-order valence-corrected chi connectivity index (χ1v) is 20.3. The molecule has 0 saturated carbocycles. The maximum absolute atomic E-state index is 6.79. The molecule has 1 heterocycles. The molecule has 9 aromatic carbocycles. The first-order valence-electron chi connectivity index (χ1n) is 20.3. The van der Waals surface area contributed by atoms with Crippen molar-refractivity contribution in [3.05, 3.63) is 221 Å². The number of hydrogen-bond acceptors (Lipinski definition) is 2. The molecular weight excluding hydrogens is 703 g/mol. The zero-order chi connectivity index (χ0) is 38.3. The molecule has 0 bridgehead atoms. The number of benzene rings is 9. The topological polar surface area (TPSA) is 16.4 Å². The minimum atomic E-state index is -0.437. The van der Waals surface area contributed by atoms with Gasteiger partial charge in [0.2, 0.25) is 0 Å². The summed E-state index contributed by atoms with van der Waals surface area (Å²) >= 11 is 0. The third-order valence-electron chi connectivity index (χ3n) is 13.7. The van der Waals surface area contributed by atoms with Gasteiger partial charge in [0, 0.05) is 27.6 Å². The van der Waals surface area contributed by atoms with Gasteiger partial charge >= 0.3 is 0 Å². The molecule has 2 heteroatoms. The Labute approximate surface area is 337 Å². The normalized spacial score (nSPS) is 16.3. The van der Waals surface area contributed by atoms with E-state index in [1.807, 2.05) is 0 Å². The number of para-hydroxylation sites is 2. The largest absolute Gasteiger partial charge is 0.454 e. The van der Waals surface area contributed by atoms with Crippen LogP contribution in [0.2, 0.25) is 0 Å². The fourth-order valence-corrected chi connectivity index (χ4v) is 11.2. The van der Waals surface area contributed by atoms with Crippen LogP contribution in [0.1, 0.15) is 47.2 Å². The van der Waals surface area contributed by atoms with Crippen molar-refractivity contribution >= 4 is 49.8 Å². The number of fused-ring (bicyclic) bond motifs is 18. The molecule has 0 saturated heterocycles. The van der Waals surface area contributed by atoms with E-state index in [0.717, 1.165) is 39.0 Å². The van der Waals surface area contributed by atoms with E-state index in [-0.39, 0.29) is 5.41 Å². The van der Waals surface area contributed by atoms with Gasteiger partial charge in [0.05, 0.1) is 11.1 Å². The molecule has 13 rings (SSSR count). The van der Waals surface area contributed by atoms with Crippen LogP contribution in [0.25, 0.3) is 66.1 Å². The average molecular weight is 740 g/mol. The van der Waals surface area contributed by atoms with Gasteiger partial charge in [-0.05, 0) is 114 Å². The van der Waals surface area contributed by atoms with E-state index in [9.17, 15) is 0 Å². The van der Waals surface area contributed by atoms with Crippen molar-refractivity contribution in [1.29, 1.82) is 0 Å². The van der Waals surface area contributed by atoms with E-state index in [2.05, 4.69) is 207 Å². The second-order valence-corrected chi connectivity index (χ2v) is 16.8. The Morgan fingerprint density at radius 2 is 0.983 bits per heavy atom. The zero-order valence-electron chi connectivity index (χ0n) is 32.3. The molecule has 0 N–H and O–H groups in total. The highest BCUT2D eigenvalue weighted by Gasteiger charge is 2.52. The van der Waals surface area contributed by atoms with Crippen LogP contribution >= 0.6 is 0 Å². The molecule has 10 aromatic rings. The average Bonchev–Trinajstić information content (AvgIpc) is 3.96. The first kappa shape index (κ1) is 32.0. The third kappa shape index (κ3) is 3.92. The molecule has 1 atom stereocenters. The first-order chi connectivity index (χ1) is 28.5. The van der Waals surface area contributed by atoms with Crippen molar-refractivity contribution in [3.63, 3.8) is 0 Å². The van der Waals surface area contributed by atoms with Gasteiger partial charge in [0.1, 0.15) is 5.58 Å². The molecule has 0 fully saturated rings. The highest BCUT2D eigenvalue weighted by Crippen LogP contribution is 2.64. The molecule has 272 valence electrons. The van der Waals surface area contributed by atoms with Crippen LogP contribution in [0, 0.1) is 0 Å². The summed E-state index contributed by atoms with van der Waals surface area (Å²) in [5.41, 5.74) is 20.3. The van der Waals surface area contributed by atoms with Crippen LogP contribution in [-0.4, -0.2) is 0 Å². The number of furan rings is 1. The van der Waals surface area contributed by atoms with E-state index in [4.69, 9.17) is 4.42 Å². The van der Waals surface area contributed by atoms with Crippen molar-refractivity contribution in [2.24, 2.45) is 0 Å². The summed E-state index contributed by atoms with van der Waals surface area (Å²) in [6.45, 7) is 4.72. The molecular formula is C56H37NO. The Morgan fingerprint density at radius 1 is 0.397 bits per heavy atom. The summed E-state index contributed by atoms with van der Waals surface area (Å²) in [6, 6.07) is 69.9. The fraction of sp³-hybridized carbons (Fsp3) is 0.0714. The summed E-state index contributed by atoms with van der Waals surface area (Å²) in [7, 11) is 0. The quantitative estimate of drug-likeness (QED) is 0.179. The number of hydrogen-bond donors (Lipinski definition) is 0. The van der Waals surface area contributed by atoms with E-state index < -0.39 is 5.41 Å². The predicted molar refractivity (Wildman–Crippen MR) is 240 cm³/mol. The summed E-state index contributed by atoms with van der Waals surface area (Å²) in [5.74, 6) is 0. The molecule has 0 amide bonds. The summed E-state index contributed by atoms with van der Waals surface area (Å²) in [6.07, 6.45) is 0. The molecule has 0 aliphatic heterocycles. The van der Waals surface area contributed by atoms with Gasteiger partial charge in [0.25, 0.3) is 0 Å². The number of nitrogens with zero attached hydrogens (tertiary/aromatic N) is 1. The molecule has 1 aromatic heterocycles. The lowest BCUT2D eigenvalue weighted by Crippen LogP contribution is -2.25. The van der Waals surface area contributed by atoms with Gasteiger partial charge in [-0.3, -0.25) is 0 Å². The highest BCUT2D eigenvalue weighted by molar-refractivity contribution is 6.11. The van der Waals surface area contributed by atoms with E-state index in [1.165, 1.54) is 77.5 Å². The minimum Gasteiger partial charge on any atom is -0.454 e. The van der Waals surface area contributed by atoms with E-state index in [0.29, 0.717) is 0 Å². The van der Waals surface area contributed by atoms with Gasteiger partial charge in [-0.2, -0.15) is 0 Å². The van der Waals surface area contributed by atoms with Crippen LogP contribution in [0.3, 0.4) is 0 Å². The summed E-state index contributed by atoms with van der Waals surface area (Å²) in [5, 5.41) is 4.81. The number of anilines is 3. The monoisotopic (exact) mass is 739 g/mol. The second kappa shape index (κ2) is 11.2. The zero-order valence-corrected chi connectivity index (χ0v) is 32.3. The van der Waals surface area contributed by atoms with Crippen molar-refractivity contribution < 1.29 is 4.42 Å². The van der Waals surface area contributed by atoms with Crippen molar-refractivity contribution in [3.8, 4) is 33.4 Å². The standard InChI is InChI=1S/C56H37NO/c1-55(2)45-21-9-5-16-38(45)40-29-27-36(33-50(40)55)57(51-24-13-20-42-41-18-8-12-25-52(41)58-54(42)51)35-28-31-48-44(32-35)39-17-6-10-22-46(39)56(48)47-23-11-7-19-43(47)53-37-15-4-3-14-34(37)26-30-49(53)56/h3-33H,1-2H3. The fourth-order valence-electron chi connectivity index (χ4n) is 11.2. The van der Waals surface area contributed by atoms with Crippen LogP contribution in [-0.2, 0) is 10.8 Å². The minimum absolute atomic E-state index is 0.143. The molecule has 58 heavy (non-hydrogen) atoms. The lowest BCUT2D eigenvalue weighted by molar-refractivity contribution is 0.660. The second-order valence-electron chi connectivity index (χ2n) is 16.8. The van der Waals surface area contributed by atoms with E-state index in [1.54, 1.807) is 0 Å². The van der Waals surface area contributed by atoms with Crippen LogP contribution in [0.4, 0.5) is 17.1 Å². The van der Waals surface area contributed by atoms with Gasteiger partial charge in [-0.25, -0.2) is 0 Å². The summed E-state index contributed by atoms with van der Waals surface area (Å²) < 4.78 is 6.79. The van der Waals surface area contributed by atoms with Gasteiger partial charge in [0.15, 0.2) is 5.58 Å². The molecule has 3 aliphatic carbocycles. The van der Waals surface area contributed by atoms with Crippen LogP contribution in [0.5, 0.6) is 0 Å². The van der Waals surface area contributed by atoms with Crippen molar-refractivity contribution in [2.75, 3.05) is 4.90 Å². The summed E-state index contributed by atoms with van der Waals surface area (Å²) in [4.78, 5) is 2.43. The molecule has 1 spiro atoms. The van der Waals surface area contributed by atoms with Gasteiger partial charge < -0.3 is 9.32 Å². The van der Waals surface area contributed by atoms with E-state index >= 15 is 0 Å². The molecule has 1 unspecified atom stereocenters. The highest BCUT2D eigenvalue weighted by atomic mass is 16.3. The Morgan fingerprint density at radius 3 is 1.83 bits per heavy atom. The molecule has 2 nitrogen and oxygen atoms in total. The molecule has 3 aliphatic rings. The lowest BCUT2D eigenvalue weighted by atomic mass is 9.70. The SMILES string of the molecule is CC1(C)c2ccccc2-c2ccc(N(c3ccc4c(c3)-c3ccccc3C43c4ccccc4-c4c3ccc3ccccc43)c3cccc4c3oc3ccccc34)cc21. The van der Waals surface area contributed by atoms with Gasteiger partial charge in [-0.15, -0.1) is 0 Å². The number of rotatable bonds is 3. The Balaban J connectivity index is 1.09. The van der Waals surface area contributed by atoms with Crippen LogP contribution < -0.4 is 4.90 Å². The van der Waals surface area contributed by atoms with Crippen molar-refractivity contribution in [2.45, 2.75) is 24.7 Å². The third-order valence-corrected chi connectivity index (χ3v) is 13.7. The Bertz CT molecular complexity index is 3400. The maximum Gasteiger partial charge on any atom is 0.159 e. The Hall–Kier alpha value is -7.16.